The van der Waals surface area contributed by atoms with Crippen LogP contribution in [0.15, 0.2) is 72.1 Å². The summed E-state index contributed by atoms with van der Waals surface area (Å²) in [5, 5.41) is 2.74. The summed E-state index contributed by atoms with van der Waals surface area (Å²) in [6.45, 7) is 0. The van der Waals surface area contributed by atoms with Crippen molar-refractivity contribution in [3.8, 4) is 10.6 Å². The SMILES string of the molecule is COC(=O)c1ccccc1N(C)C(=O)c1cc(-c2cccs2)nc2ccccc12. The predicted octanol–water partition coefficient (Wildman–Crippen LogP) is 5.03. The van der Waals surface area contributed by atoms with Gasteiger partial charge in [0, 0.05) is 12.4 Å². The van der Waals surface area contributed by atoms with Crippen LogP contribution in [0.5, 0.6) is 0 Å². The van der Waals surface area contributed by atoms with E-state index in [9.17, 15) is 9.59 Å². The average Bonchev–Trinajstić information content (AvgIpc) is 3.32. The van der Waals surface area contributed by atoms with Crippen LogP contribution >= 0.6 is 11.3 Å². The number of nitrogens with zero attached hydrogens (tertiary/aromatic N) is 2. The molecule has 2 aromatic carbocycles. The molecule has 2 aromatic heterocycles. The van der Waals surface area contributed by atoms with Crippen LogP contribution in [0.1, 0.15) is 20.7 Å². The van der Waals surface area contributed by atoms with E-state index in [2.05, 4.69) is 0 Å². The van der Waals surface area contributed by atoms with E-state index in [1.165, 1.54) is 12.0 Å². The van der Waals surface area contributed by atoms with Gasteiger partial charge < -0.3 is 9.64 Å². The molecule has 0 N–H and O–H groups in total. The number of fused-ring (bicyclic) bond motifs is 1. The number of methoxy groups -OCH3 is 1. The monoisotopic (exact) mass is 402 g/mol. The Kier molecular flexibility index (Phi) is 5.10. The van der Waals surface area contributed by atoms with E-state index in [1.54, 1.807) is 42.6 Å². The van der Waals surface area contributed by atoms with Gasteiger partial charge in [-0.05, 0) is 35.7 Å². The molecule has 4 rings (SSSR count). The zero-order valence-corrected chi connectivity index (χ0v) is 16.8. The maximum absolute atomic E-state index is 13.5. The molecule has 0 radical (unpaired) electrons. The first-order chi connectivity index (χ1) is 14.1. The highest BCUT2D eigenvalue weighted by Gasteiger charge is 2.22. The number of benzene rings is 2. The second-order valence-electron chi connectivity index (χ2n) is 6.42. The molecule has 6 heteroatoms. The summed E-state index contributed by atoms with van der Waals surface area (Å²) >= 11 is 1.57. The molecule has 4 aromatic rings. The lowest BCUT2D eigenvalue weighted by atomic mass is 10.0. The lowest BCUT2D eigenvalue weighted by molar-refractivity contribution is 0.0601. The summed E-state index contributed by atoms with van der Waals surface area (Å²) in [5.74, 6) is -0.711. The Morgan fingerprint density at radius 2 is 1.72 bits per heavy atom. The van der Waals surface area contributed by atoms with E-state index in [-0.39, 0.29) is 5.91 Å². The van der Waals surface area contributed by atoms with Crippen molar-refractivity contribution >= 4 is 39.8 Å². The molecule has 1 amide bonds. The van der Waals surface area contributed by atoms with Gasteiger partial charge in [-0.1, -0.05) is 36.4 Å². The standard InChI is InChI=1S/C23H18N2O3S/c1-25(20-11-6-4-9-16(20)23(27)28-2)22(26)17-14-19(21-12-7-13-29-21)24-18-10-5-3-8-15(17)18/h3-14H,1-2H3. The summed E-state index contributed by atoms with van der Waals surface area (Å²) in [7, 11) is 2.98. The fourth-order valence-electron chi connectivity index (χ4n) is 3.24. The van der Waals surface area contributed by atoms with Gasteiger partial charge in [0.2, 0.25) is 0 Å². The first kappa shape index (κ1) is 18.8. The molecular weight excluding hydrogens is 384 g/mol. The van der Waals surface area contributed by atoms with Crippen LogP contribution in [-0.2, 0) is 4.74 Å². The van der Waals surface area contributed by atoms with Crippen molar-refractivity contribution in [2.75, 3.05) is 19.1 Å². The van der Waals surface area contributed by atoms with Crippen LogP contribution in [0, 0.1) is 0 Å². The molecule has 0 atom stereocenters. The van der Waals surface area contributed by atoms with Crippen molar-refractivity contribution in [3.63, 3.8) is 0 Å². The molecule has 0 aliphatic rings. The fourth-order valence-corrected chi connectivity index (χ4v) is 3.93. The number of para-hydroxylation sites is 2. The quantitative estimate of drug-likeness (QED) is 0.450. The van der Waals surface area contributed by atoms with Gasteiger partial charge in [0.25, 0.3) is 5.91 Å². The van der Waals surface area contributed by atoms with E-state index < -0.39 is 5.97 Å². The Hall–Kier alpha value is -3.51. The number of rotatable bonds is 4. The average molecular weight is 402 g/mol. The summed E-state index contributed by atoms with van der Waals surface area (Å²) in [6.07, 6.45) is 0. The lowest BCUT2D eigenvalue weighted by Gasteiger charge is -2.21. The van der Waals surface area contributed by atoms with E-state index in [0.717, 1.165) is 21.5 Å². The minimum atomic E-state index is -0.487. The van der Waals surface area contributed by atoms with Gasteiger partial charge in [-0.3, -0.25) is 4.79 Å². The molecular formula is C23H18N2O3S. The molecule has 144 valence electrons. The third-order valence-electron chi connectivity index (χ3n) is 4.70. The Morgan fingerprint density at radius 1 is 0.966 bits per heavy atom. The largest absolute Gasteiger partial charge is 0.465 e. The number of anilines is 1. The number of thiophene rings is 1. The third kappa shape index (κ3) is 3.50. The topological polar surface area (TPSA) is 59.5 Å². The number of hydrogen-bond donors (Lipinski definition) is 0. The molecule has 0 spiro atoms. The molecule has 0 aliphatic heterocycles. The molecule has 0 bridgehead atoms. The molecule has 0 saturated heterocycles. The van der Waals surface area contributed by atoms with Crippen LogP contribution in [0.3, 0.4) is 0 Å². The number of ether oxygens (including phenoxy) is 1. The Morgan fingerprint density at radius 3 is 2.48 bits per heavy atom. The van der Waals surface area contributed by atoms with E-state index in [4.69, 9.17) is 9.72 Å². The van der Waals surface area contributed by atoms with E-state index in [0.29, 0.717) is 16.8 Å². The first-order valence-electron chi connectivity index (χ1n) is 8.99. The smallest absolute Gasteiger partial charge is 0.339 e. The molecule has 5 nitrogen and oxygen atoms in total. The van der Waals surface area contributed by atoms with Crippen molar-refractivity contribution in [2.24, 2.45) is 0 Å². The number of hydrogen-bond acceptors (Lipinski definition) is 5. The predicted molar refractivity (Wildman–Crippen MR) is 116 cm³/mol. The molecule has 0 fully saturated rings. The van der Waals surface area contributed by atoms with Gasteiger partial charge in [-0.15, -0.1) is 11.3 Å². The number of carbonyl (C=O) groups excluding carboxylic acids is 2. The van der Waals surface area contributed by atoms with Crippen molar-refractivity contribution in [1.82, 2.24) is 4.98 Å². The Balaban J connectivity index is 1.84. The number of aromatic nitrogens is 1. The van der Waals surface area contributed by atoms with Gasteiger partial charge in [0.1, 0.15) is 0 Å². The van der Waals surface area contributed by atoms with Crippen molar-refractivity contribution in [3.05, 3.63) is 83.2 Å². The summed E-state index contributed by atoms with van der Waals surface area (Å²) in [4.78, 5) is 32.8. The summed E-state index contributed by atoms with van der Waals surface area (Å²) in [6, 6.07) is 20.2. The third-order valence-corrected chi connectivity index (χ3v) is 5.59. The molecule has 0 saturated carbocycles. The fraction of sp³-hybridized carbons (Fsp3) is 0.0870. The molecule has 29 heavy (non-hydrogen) atoms. The highest BCUT2D eigenvalue weighted by Crippen LogP contribution is 2.30. The zero-order chi connectivity index (χ0) is 20.4. The first-order valence-corrected chi connectivity index (χ1v) is 9.87. The number of amides is 1. The zero-order valence-electron chi connectivity index (χ0n) is 16.0. The van der Waals surface area contributed by atoms with E-state index >= 15 is 0 Å². The molecule has 0 aliphatic carbocycles. The Labute approximate surface area is 172 Å². The summed E-state index contributed by atoms with van der Waals surface area (Å²) < 4.78 is 4.87. The lowest BCUT2D eigenvalue weighted by Crippen LogP contribution is -2.28. The van der Waals surface area contributed by atoms with Crippen molar-refractivity contribution in [1.29, 1.82) is 0 Å². The van der Waals surface area contributed by atoms with Crippen LogP contribution in [0.25, 0.3) is 21.5 Å². The minimum Gasteiger partial charge on any atom is -0.465 e. The van der Waals surface area contributed by atoms with Gasteiger partial charge in [0.15, 0.2) is 0 Å². The number of pyridine rings is 1. The van der Waals surface area contributed by atoms with E-state index in [1.807, 2.05) is 47.8 Å². The van der Waals surface area contributed by atoms with Crippen molar-refractivity contribution in [2.45, 2.75) is 0 Å². The maximum atomic E-state index is 13.5. The number of carbonyl (C=O) groups is 2. The van der Waals surface area contributed by atoms with Gasteiger partial charge in [-0.2, -0.15) is 0 Å². The normalized spacial score (nSPS) is 10.7. The van der Waals surface area contributed by atoms with Gasteiger partial charge >= 0.3 is 5.97 Å². The number of esters is 1. The maximum Gasteiger partial charge on any atom is 0.339 e. The molecule has 2 heterocycles. The highest BCUT2D eigenvalue weighted by atomic mass is 32.1. The van der Waals surface area contributed by atoms with Crippen LogP contribution < -0.4 is 4.90 Å². The van der Waals surface area contributed by atoms with Crippen LogP contribution in [0.4, 0.5) is 5.69 Å². The van der Waals surface area contributed by atoms with Gasteiger partial charge in [0.05, 0.1) is 40.0 Å². The molecule has 0 unspecified atom stereocenters. The second-order valence-corrected chi connectivity index (χ2v) is 7.37. The minimum absolute atomic E-state index is 0.224. The second kappa shape index (κ2) is 7.85. The van der Waals surface area contributed by atoms with Crippen LogP contribution in [0.2, 0.25) is 0 Å². The van der Waals surface area contributed by atoms with Crippen molar-refractivity contribution < 1.29 is 14.3 Å². The van der Waals surface area contributed by atoms with Gasteiger partial charge in [-0.25, -0.2) is 9.78 Å². The Bertz CT molecular complexity index is 1200. The van der Waals surface area contributed by atoms with Crippen LogP contribution in [-0.4, -0.2) is 31.0 Å². The summed E-state index contributed by atoms with van der Waals surface area (Å²) in [5.41, 5.74) is 2.85. The highest BCUT2D eigenvalue weighted by molar-refractivity contribution is 7.13.